The van der Waals surface area contributed by atoms with Crippen molar-refractivity contribution < 1.29 is 19.2 Å². The van der Waals surface area contributed by atoms with Gasteiger partial charge in [0.2, 0.25) is 0 Å². The average molecular weight is 326 g/mol. The molecule has 1 amide bonds. The second-order valence-corrected chi connectivity index (χ2v) is 5.73. The summed E-state index contributed by atoms with van der Waals surface area (Å²) in [6, 6.07) is 6.40. The molecule has 2 aromatic heterocycles. The van der Waals surface area contributed by atoms with Gasteiger partial charge in [-0.3, -0.25) is 4.79 Å². The van der Waals surface area contributed by atoms with Crippen LogP contribution in [-0.2, 0) is 6.54 Å². The quantitative estimate of drug-likeness (QED) is 0.782. The Hall–Kier alpha value is -3.16. The van der Waals surface area contributed by atoms with Crippen LogP contribution in [0.4, 0.5) is 0 Å². The lowest BCUT2D eigenvalue weighted by Gasteiger charge is -2.40. The highest BCUT2D eigenvalue weighted by Gasteiger charge is 2.34. The van der Waals surface area contributed by atoms with Crippen LogP contribution < -0.4 is 0 Å². The number of carbonyl (C=O) groups is 2. The van der Waals surface area contributed by atoms with E-state index in [4.69, 9.17) is 9.63 Å². The Morgan fingerprint density at radius 1 is 1.33 bits per heavy atom. The van der Waals surface area contributed by atoms with Crippen molar-refractivity contribution in [1.29, 1.82) is 0 Å². The Morgan fingerprint density at radius 2 is 2.21 bits per heavy atom. The van der Waals surface area contributed by atoms with Gasteiger partial charge >= 0.3 is 5.97 Å². The van der Waals surface area contributed by atoms with Crippen LogP contribution in [0.15, 0.2) is 41.4 Å². The molecule has 1 fully saturated rings. The lowest BCUT2D eigenvalue weighted by Crippen LogP contribution is -2.53. The van der Waals surface area contributed by atoms with Crippen molar-refractivity contribution in [3.8, 4) is 0 Å². The number of carboxylic acid groups (broad SMARTS) is 1. The monoisotopic (exact) mass is 326 g/mol. The molecule has 1 saturated heterocycles. The summed E-state index contributed by atoms with van der Waals surface area (Å²) in [5, 5.41) is 12.8. The predicted molar refractivity (Wildman–Crippen MR) is 82.6 cm³/mol. The van der Waals surface area contributed by atoms with Gasteiger partial charge in [0.1, 0.15) is 6.26 Å². The van der Waals surface area contributed by atoms with Crippen LogP contribution in [0.5, 0.6) is 0 Å². The fourth-order valence-electron chi connectivity index (χ4n) is 2.93. The highest BCUT2D eigenvalue weighted by Crippen LogP contribution is 2.24. The van der Waals surface area contributed by atoms with Crippen molar-refractivity contribution in [2.75, 3.05) is 6.54 Å². The molecule has 8 nitrogen and oxygen atoms in total. The first-order chi connectivity index (χ1) is 11.6. The molecule has 3 heterocycles. The zero-order valence-corrected chi connectivity index (χ0v) is 12.6. The van der Waals surface area contributed by atoms with Gasteiger partial charge in [0.05, 0.1) is 29.0 Å². The van der Waals surface area contributed by atoms with Crippen LogP contribution >= 0.6 is 0 Å². The third-order valence-corrected chi connectivity index (χ3v) is 4.34. The number of amides is 1. The van der Waals surface area contributed by atoms with E-state index in [2.05, 4.69) is 10.1 Å². The Bertz CT molecular complexity index is 915. The zero-order chi connectivity index (χ0) is 16.7. The number of carboxylic acids is 1. The molecule has 0 aliphatic carbocycles. The van der Waals surface area contributed by atoms with Crippen molar-refractivity contribution in [3.63, 3.8) is 0 Å². The Kier molecular flexibility index (Phi) is 3.30. The van der Waals surface area contributed by atoms with E-state index in [-0.39, 0.29) is 17.5 Å². The Balaban J connectivity index is 1.57. The number of imidazole rings is 1. The first-order valence-corrected chi connectivity index (χ1v) is 7.53. The van der Waals surface area contributed by atoms with Crippen LogP contribution in [0.3, 0.4) is 0 Å². The minimum atomic E-state index is -0.976. The van der Waals surface area contributed by atoms with Crippen LogP contribution in [0.1, 0.15) is 27.3 Å². The number of likely N-dealkylation sites (tertiary alicyclic amines) is 1. The van der Waals surface area contributed by atoms with E-state index in [1.54, 1.807) is 29.4 Å². The summed E-state index contributed by atoms with van der Waals surface area (Å²) >= 11 is 0. The number of hydrogen-bond donors (Lipinski definition) is 1. The summed E-state index contributed by atoms with van der Waals surface area (Å²) in [5.74, 6) is -1.13. The molecule has 0 unspecified atom stereocenters. The molecule has 0 radical (unpaired) electrons. The number of hydrogen-bond acceptors (Lipinski definition) is 5. The number of rotatable bonds is 4. The fourth-order valence-corrected chi connectivity index (χ4v) is 2.93. The Morgan fingerprint density at radius 3 is 2.88 bits per heavy atom. The maximum Gasteiger partial charge on any atom is 0.335 e. The largest absolute Gasteiger partial charge is 0.478 e. The van der Waals surface area contributed by atoms with Crippen molar-refractivity contribution in [1.82, 2.24) is 19.6 Å². The summed E-state index contributed by atoms with van der Waals surface area (Å²) < 4.78 is 6.60. The minimum Gasteiger partial charge on any atom is -0.478 e. The molecule has 4 rings (SSSR count). The third-order valence-electron chi connectivity index (χ3n) is 4.34. The maximum absolute atomic E-state index is 12.3. The van der Waals surface area contributed by atoms with Gasteiger partial charge in [0.25, 0.3) is 5.91 Å². The van der Waals surface area contributed by atoms with Crippen molar-refractivity contribution in [2.24, 2.45) is 0 Å². The molecule has 3 aromatic rings. The highest BCUT2D eigenvalue weighted by atomic mass is 16.5. The van der Waals surface area contributed by atoms with E-state index < -0.39 is 5.97 Å². The van der Waals surface area contributed by atoms with E-state index in [1.807, 2.05) is 4.57 Å². The second kappa shape index (κ2) is 5.48. The summed E-state index contributed by atoms with van der Waals surface area (Å²) in [4.78, 5) is 29.5. The molecule has 0 spiro atoms. The van der Waals surface area contributed by atoms with Crippen molar-refractivity contribution >= 4 is 22.9 Å². The van der Waals surface area contributed by atoms with Crippen LogP contribution in [-0.4, -0.2) is 49.2 Å². The molecule has 0 bridgehead atoms. The van der Waals surface area contributed by atoms with Crippen molar-refractivity contribution in [2.45, 2.75) is 19.0 Å². The number of nitrogens with zero attached hydrogens (tertiary/aromatic N) is 4. The Labute approximate surface area is 136 Å². The first kappa shape index (κ1) is 14.4. The summed E-state index contributed by atoms with van der Waals surface area (Å²) in [6.07, 6.45) is 3.92. The molecule has 24 heavy (non-hydrogen) atoms. The number of benzene rings is 1. The van der Waals surface area contributed by atoms with E-state index >= 15 is 0 Å². The topological polar surface area (TPSA) is 101 Å². The number of aromatic nitrogens is 3. The smallest absolute Gasteiger partial charge is 0.335 e. The lowest BCUT2D eigenvalue weighted by molar-refractivity contribution is 0.0416. The molecule has 1 aliphatic heterocycles. The SMILES string of the molecule is O=C(O)c1ccc2ncn(C[C@H]3CCN3C(=O)c3ccon3)c2c1. The van der Waals surface area contributed by atoms with E-state index in [0.717, 1.165) is 17.5 Å². The van der Waals surface area contributed by atoms with Gasteiger partial charge in [-0.05, 0) is 24.6 Å². The van der Waals surface area contributed by atoms with Crippen LogP contribution in [0.25, 0.3) is 11.0 Å². The van der Waals surface area contributed by atoms with Crippen LogP contribution in [0, 0.1) is 0 Å². The normalized spacial score (nSPS) is 17.0. The third kappa shape index (κ3) is 2.32. The molecule has 8 heteroatoms. The lowest BCUT2D eigenvalue weighted by atomic mass is 10.0. The fraction of sp³-hybridized carbons (Fsp3) is 0.250. The molecule has 122 valence electrons. The molecule has 1 aromatic carbocycles. The summed E-state index contributed by atoms with van der Waals surface area (Å²) in [5.41, 5.74) is 1.99. The second-order valence-electron chi connectivity index (χ2n) is 5.73. The van der Waals surface area contributed by atoms with E-state index in [0.29, 0.717) is 18.8 Å². The number of carbonyl (C=O) groups excluding carboxylic acids is 1. The summed E-state index contributed by atoms with van der Waals surface area (Å²) in [6.45, 7) is 1.23. The maximum atomic E-state index is 12.3. The van der Waals surface area contributed by atoms with Crippen molar-refractivity contribution in [3.05, 3.63) is 48.1 Å². The molecule has 1 N–H and O–H groups in total. The van der Waals surface area contributed by atoms with Gasteiger partial charge in [0, 0.05) is 19.2 Å². The summed E-state index contributed by atoms with van der Waals surface area (Å²) in [7, 11) is 0. The minimum absolute atomic E-state index is 0.0279. The van der Waals surface area contributed by atoms with Gasteiger partial charge in [-0.25, -0.2) is 9.78 Å². The van der Waals surface area contributed by atoms with E-state index in [9.17, 15) is 9.59 Å². The molecule has 1 aliphatic rings. The van der Waals surface area contributed by atoms with E-state index in [1.165, 1.54) is 12.3 Å². The molecular weight excluding hydrogens is 312 g/mol. The van der Waals surface area contributed by atoms with Gasteiger partial charge in [-0.2, -0.15) is 0 Å². The first-order valence-electron chi connectivity index (χ1n) is 7.53. The van der Waals surface area contributed by atoms with Gasteiger partial charge in [-0.15, -0.1) is 0 Å². The van der Waals surface area contributed by atoms with Gasteiger partial charge in [0.15, 0.2) is 5.69 Å². The predicted octanol–water partition coefficient (Wildman–Crippen LogP) is 1.64. The average Bonchev–Trinajstić information content (AvgIpc) is 3.20. The van der Waals surface area contributed by atoms with Crippen LogP contribution in [0.2, 0.25) is 0 Å². The van der Waals surface area contributed by atoms with Gasteiger partial charge in [-0.1, -0.05) is 5.16 Å². The standard InChI is InChI=1S/C16H14N4O4/c21-15(13-4-6-24-18-13)20-5-3-11(20)8-19-9-17-12-2-1-10(16(22)23)7-14(12)19/h1-2,4,6-7,9,11H,3,5,8H2,(H,22,23)/t11-/m1/s1. The van der Waals surface area contributed by atoms with Gasteiger partial charge < -0.3 is 19.1 Å². The molecular formula is C16H14N4O4. The zero-order valence-electron chi connectivity index (χ0n) is 12.6. The highest BCUT2D eigenvalue weighted by molar-refractivity contribution is 5.93. The molecule has 1 atom stereocenters. The number of fused-ring (bicyclic) bond motifs is 1. The molecule has 0 saturated carbocycles. The number of aromatic carboxylic acids is 1.